The van der Waals surface area contributed by atoms with Crippen molar-refractivity contribution in [1.29, 1.82) is 0 Å². The second-order valence-electron chi connectivity index (χ2n) is 7.16. The number of piperazine rings is 1. The predicted molar refractivity (Wildman–Crippen MR) is 108 cm³/mol. The summed E-state index contributed by atoms with van der Waals surface area (Å²) in [5.74, 6) is 0.0986. The summed E-state index contributed by atoms with van der Waals surface area (Å²) in [4.78, 5) is 30.4. The van der Waals surface area contributed by atoms with E-state index in [2.05, 4.69) is 11.4 Å². The lowest BCUT2D eigenvalue weighted by atomic mass is 10.2. The lowest BCUT2D eigenvalue weighted by molar-refractivity contribution is -0.895. The van der Waals surface area contributed by atoms with Crippen molar-refractivity contribution in [1.82, 2.24) is 4.90 Å². The average Bonchev–Trinajstić information content (AvgIpc) is 3.26. The minimum absolute atomic E-state index is 0.0486. The summed E-state index contributed by atoms with van der Waals surface area (Å²) >= 11 is 7.75. The highest BCUT2D eigenvalue weighted by molar-refractivity contribution is 7.14. The third-order valence-corrected chi connectivity index (χ3v) is 6.83. The van der Waals surface area contributed by atoms with Crippen molar-refractivity contribution in [3.05, 3.63) is 50.7 Å². The molecule has 0 atom stereocenters. The molecule has 1 fully saturated rings. The monoisotopic (exact) mass is 404 g/mol. The summed E-state index contributed by atoms with van der Waals surface area (Å²) in [7, 11) is 0. The number of anilines is 1. The van der Waals surface area contributed by atoms with Gasteiger partial charge >= 0.3 is 0 Å². The molecule has 2 heterocycles. The average molecular weight is 405 g/mol. The Hall–Kier alpha value is -1.89. The maximum atomic E-state index is 12.7. The van der Waals surface area contributed by atoms with Crippen LogP contribution in [0, 0.1) is 0 Å². The molecule has 27 heavy (non-hydrogen) atoms. The fraction of sp³-hybridized carbons (Fsp3) is 0.400. The van der Waals surface area contributed by atoms with E-state index in [4.69, 9.17) is 11.6 Å². The fourth-order valence-corrected chi connectivity index (χ4v) is 5.18. The van der Waals surface area contributed by atoms with Crippen molar-refractivity contribution in [3.63, 3.8) is 0 Å². The molecule has 1 aromatic heterocycles. The molecular formula is C20H23ClN3O2S+. The summed E-state index contributed by atoms with van der Waals surface area (Å²) in [6.07, 6.45) is 3.44. The fourth-order valence-electron chi connectivity index (χ4n) is 3.78. The first-order valence-electron chi connectivity index (χ1n) is 9.39. The van der Waals surface area contributed by atoms with Gasteiger partial charge in [-0.1, -0.05) is 23.7 Å². The number of fused-ring (bicyclic) bond motifs is 1. The highest BCUT2D eigenvalue weighted by Gasteiger charge is 2.28. The zero-order valence-corrected chi connectivity index (χ0v) is 16.7. The van der Waals surface area contributed by atoms with Crippen LogP contribution in [-0.4, -0.2) is 49.4 Å². The van der Waals surface area contributed by atoms with Crippen molar-refractivity contribution in [2.24, 2.45) is 0 Å². The molecule has 2 N–H and O–H groups in total. The molecule has 1 aliphatic heterocycles. The molecule has 1 aromatic carbocycles. The summed E-state index contributed by atoms with van der Waals surface area (Å²) < 4.78 is 0. The van der Waals surface area contributed by atoms with Crippen LogP contribution in [0.1, 0.15) is 26.5 Å². The van der Waals surface area contributed by atoms with Gasteiger partial charge in [-0.3, -0.25) is 9.59 Å². The Morgan fingerprint density at radius 2 is 1.96 bits per heavy atom. The number of thiophene rings is 1. The van der Waals surface area contributed by atoms with Gasteiger partial charge in [0, 0.05) is 4.88 Å². The number of nitrogens with zero attached hydrogens (tertiary/aromatic N) is 1. The molecule has 0 saturated carbocycles. The van der Waals surface area contributed by atoms with Crippen LogP contribution < -0.4 is 10.2 Å². The maximum absolute atomic E-state index is 12.7. The summed E-state index contributed by atoms with van der Waals surface area (Å²) in [6, 6.07) is 9.33. The number of carbonyl (C=O) groups is 2. The molecular weight excluding hydrogens is 382 g/mol. The molecule has 1 aliphatic carbocycles. The van der Waals surface area contributed by atoms with E-state index in [0.29, 0.717) is 30.3 Å². The number of carbonyl (C=O) groups excluding carboxylic acids is 2. The second kappa shape index (κ2) is 8.00. The number of nitrogens with one attached hydrogen (secondary N) is 2. The molecule has 142 valence electrons. The quantitative estimate of drug-likeness (QED) is 0.817. The van der Waals surface area contributed by atoms with Crippen molar-refractivity contribution >= 4 is 40.4 Å². The van der Waals surface area contributed by atoms with Gasteiger partial charge in [0.25, 0.3) is 11.8 Å². The van der Waals surface area contributed by atoms with Gasteiger partial charge in [-0.05, 0) is 43.0 Å². The highest BCUT2D eigenvalue weighted by atomic mass is 35.5. The second-order valence-corrected chi connectivity index (χ2v) is 8.70. The van der Waals surface area contributed by atoms with Gasteiger partial charge in [0.15, 0.2) is 6.54 Å². The Balaban J connectivity index is 1.27. The Morgan fingerprint density at radius 1 is 1.19 bits per heavy atom. The molecule has 5 nitrogen and oxygen atoms in total. The number of halogens is 1. The number of para-hydroxylation sites is 1. The molecule has 2 amide bonds. The Morgan fingerprint density at radius 3 is 2.70 bits per heavy atom. The molecule has 0 radical (unpaired) electrons. The van der Waals surface area contributed by atoms with Crippen LogP contribution in [0.15, 0.2) is 30.3 Å². The van der Waals surface area contributed by atoms with E-state index in [1.807, 2.05) is 17.0 Å². The van der Waals surface area contributed by atoms with Crippen LogP contribution in [0.5, 0.6) is 0 Å². The molecule has 1 saturated heterocycles. The zero-order valence-electron chi connectivity index (χ0n) is 15.1. The zero-order chi connectivity index (χ0) is 18.8. The predicted octanol–water partition coefficient (Wildman–Crippen LogP) is 1.87. The van der Waals surface area contributed by atoms with E-state index in [-0.39, 0.29) is 11.8 Å². The lowest BCUT2D eigenvalue weighted by Gasteiger charge is -2.31. The number of amides is 2. The SMILES string of the molecule is O=C(C[NH+]1CCN(C(=O)c2cc3c(s2)CCC3)CC1)Nc1ccccc1Cl. The van der Waals surface area contributed by atoms with Gasteiger partial charge in [0.05, 0.1) is 41.8 Å². The molecule has 2 aromatic rings. The Bertz CT molecular complexity index is 837. The van der Waals surface area contributed by atoms with E-state index in [0.717, 1.165) is 30.8 Å². The molecule has 4 rings (SSSR count). The molecule has 0 spiro atoms. The van der Waals surface area contributed by atoms with E-state index in [1.165, 1.54) is 21.8 Å². The first kappa shape index (κ1) is 18.5. The highest BCUT2D eigenvalue weighted by Crippen LogP contribution is 2.31. The van der Waals surface area contributed by atoms with Crippen LogP contribution in [0.25, 0.3) is 0 Å². The number of benzene rings is 1. The lowest BCUT2D eigenvalue weighted by Crippen LogP contribution is -3.15. The first-order chi connectivity index (χ1) is 13.1. The number of quaternary nitrogens is 1. The van der Waals surface area contributed by atoms with Crippen LogP contribution in [-0.2, 0) is 17.6 Å². The van der Waals surface area contributed by atoms with Gasteiger partial charge < -0.3 is 15.1 Å². The number of hydrogen-bond acceptors (Lipinski definition) is 3. The summed E-state index contributed by atoms with van der Waals surface area (Å²) in [5.41, 5.74) is 2.01. The Labute approximate surface area is 167 Å². The standard InChI is InChI=1S/C20H22ClN3O2S/c21-15-5-1-2-6-16(15)22-19(25)13-23-8-10-24(11-9-23)20(26)18-12-14-4-3-7-17(14)27-18/h1-2,5-6,12H,3-4,7-11,13H2,(H,22,25)/p+1. The van der Waals surface area contributed by atoms with Crippen LogP contribution in [0.2, 0.25) is 5.02 Å². The number of rotatable bonds is 4. The number of aryl methyl sites for hydroxylation is 2. The molecule has 7 heteroatoms. The third kappa shape index (κ3) is 4.18. The maximum Gasteiger partial charge on any atom is 0.279 e. The van der Waals surface area contributed by atoms with Gasteiger partial charge in [-0.2, -0.15) is 0 Å². The third-order valence-electron chi connectivity index (χ3n) is 5.27. The molecule has 2 aliphatic rings. The van der Waals surface area contributed by atoms with Gasteiger partial charge in [-0.15, -0.1) is 11.3 Å². The minimum atomic E-state index is -0.0486. The van der Waals surface area contributed by atoms with Gasteiger partial charge in [0.1, 0.15) is 0 Å². The molecule has 0 unspecified atom stereocenters. The Kier molecular flexibility index (Phi) is 5.48. The largest absolute Gasteiger partial charge is 0.327 e. The van der Waals surface area contributed by atoms with E-state index in [1.54, 1.807) is 23.5 Å². The van der Waals surface area contributed by atoms with E-state index < -0.39 is 0 Å². The van der Waals surface area contributed by atoms with Crippen LogP contribution in [0.4, 0.5) is 5.69 Å². The van der Waals surface area contributed by atoms with E-state index >= 15 is 0 Å². The van der Waals surface area contributed by atoms with Crippen molar-refractivity contribution < 1.29 is 14.5 Å². The van der Waals surface area contributed by atoms with Gasteiger partial charge in [0.2, 0.25) is 0 Å². The van der Waals surface area contributed by atoms with Crippen molar-refractivity contribution in [2.45, 2.75) is 19.3 Å². The topological polar surface area (TPSA) is 53.9 Å². The van der Waals surface area contributed by atoms with Crippen LogP contribution in [0.3, 0.4) is 0 Å². The van der Waals surface area contributed by atoms with Crippen LogP contribution >= 0.6 is 22.9 Å². The molecule has 0 bridgehead atoms. The smallest absolute Gasteiger partial charge is 0.279 e. The number of hydrogen-bond donors (Lipinski definition) is 2. The summed E-state index contributed by atoms with van der Waals surface area (Å²) in [6.45, 7) is 3.34. The van der Waals surface area contributed by atoms with Crippen molar-refractivity contribution in [3.8, 4) is 0 Å². The van der Waals surface area contributed by atoms with E-state index in [9.17, 15) is 9.59 Å². The van der Waals surface area contributed by atoms with Gasteiger partial charge in [-0.25, -0.2) is 0 Å². The van der Waals surface area contributed by atoms with Crippen molar-refractivity contribution in [2.75, 3.05) is 38.0 Å². The minimum Gasteiger partial charge on any atom is -0.327 e. The summed E-state index contributed by atoms with van der Waals surface area (Å²) in [5, 5.41) is 3.41. The first-order valence-corrected chi connectivity index (χ1v) is 10.6. The normalized spacial score (nSPS) is 17.0.